The molecule has 0 saturated heterocycles. The zero-order chi connectivity index (χ0) is 21.4. The molecule has 0 aliphatic rings. The summed E-state index contributed by atoms with van der Waals surface area (Å²) in [5, 5.41) is 6.90. The van der Waals surface area contributed by atoms with E-state index in [0.717, 1.165) is 0 Å². The molecular weight excluding hydrogens is 378 g/mol. The lowest BCUT2D eigenvalue weighted by atomic mass is 10.0. The van der Waals surface area contributed by atoms with Crippen LogP contribution >= 0.6 is 0 Å². The molecule has 154 valence electrons. The minimum absolute atomic E-state index is 0.0421. The van der Waals surface area contributed by atoms with Crippen LogP contribution in [0.5, 0.6) is 0 Å². The van der Waals surface area contributed by atoms with Gasteiger partial charge in [0.05, 0.1) is 6.26 Å². The first-order chi connectivity index (χ1) is 13.8. The Balaban J connectivity index is 2.20. The van der Waals surface area contributed by atoms with Gasteiger partial charge in [0.25, 0.3) is 11.8 Å². The van der Waals surface area contributed by atoms with Crippen molar-refractivity contribution in [3.05, 3.63) is 60.1 Å². The van der Waals surface area contributed by atoms with Crippen molar-refractivity contribution in [2.24, 2.45) is 5.92 Å². The summed E-state index contributed by atoms with van der Waals surface area (Å²) in [4.78, 5) is 49.0. The summed E-state index contributed by atoms with van der Waals surface area (Å²) in [6.45, 7) is 3.44. The summed E-state index contributed by atoms with van der Waals surface area (Å²) in [6.07, 6.45) is -0.0330. The van der Waals surface area contributed by atoms with Crippen LogP contribution in [-0.4, -0.2) is 36.9 Å². The Hall–Kier alpha value is -3.62. The first-order valence-corrected chi connectivity index (χ1v) is 8.95. The first kappa shape index (κ1) is 21.7. The van der Waals surface area contributed by atoms with Gasteiger partial charge in [0.2, 0.25) is 6.10 Å². The molecule has 9 heteroatoms. The highest BCUT2D eigenvalue weighted by Gasteiger charge is 2.32. The maximum absolute atomic E-state index is 12.8. The van der Waals surface area contributed by atoms with Gasteiger partial charge in [-0.3, -0.25) is 14.9 Å². The summed E-state index contributed by atoms with van der Waals surface area (Å²) >= 11 is 0. The Morgan fingerprint density at radius 1 is 1.00 bits per heavy atom. The molecule has 2 rings (SSSR count). The second kappa shape index (κ2) is 10.1. The summed E-state index contributed by atoms with van der Waals surface area (Å²) in [7, 11) is 1.35. The zero-order valence-electron chi connectivity index (χ0n) is 16.3. The smallest absolute Gasteiger partial charge is 0.330 e. The van der Waals surface area contributed by atoms with Gasteiger partial charge in [0, 0.05) is 12.6 Å². The molecule has 1 heterocycles. The normalized spacial score (nSPS) is 12.6. The van der Waals surface area contributed by atoms with Crippen molar-refractivity contribution in [1.82, 2.24) is 16.0 Å². The lowest BCUT2D eigenvalue weighted by Crippen LogP contribution is -2.47. The lowest BCUT2D eigenvalue weighted by Gasteiger charge is -2.24. The third kappa shape index (κ3) is 5.93. The molecule has 0 aliphatic heterocycles. The van der Waals surface area contributed by atoms with Crippen molar-refractivity contribution in [3.63, 3.8) is 0 Å². The largest absolute Gasteiger partial charge is 0.459 e. The van der Waals surface area contributed by atoms with Gasteiger partial charge >= 0.3 is 12.0 Å². The molecule has 0 spiro atoms. The van der Waals surface area contributed by atoms with Crippen LogP contribution in [0.1, 0.15) is 36.1 Å². The van der Waals surface area contributed by atoms with E-state index in [1.54, 1.807) is 50.2 Å². The van der Waals surface area contributed by atoms with E-state index in [9.17, 15) is 19.2 Å². The number of urea groups is 1. The Bertz CT molecular complexity index is 848. The van der Waals surface area contributed by atoms with Crippen LogP contribution in [0.15, 0.2) is 53.1 Å². The van der Waals surface area contributed by atoms with E-state index >= 15 is 0 Å². The van der Waals surface area contributed by atoms with E-state index in [1.165, 1.54) is 19.4 Å². The fourth-order valence-electron chi connectivity index (χ4n) is 2.45. The van der Waals surface area contributed by atoms with E-state index in [4.69, 9.17) is 9.15 Å². The van der Waals surface area contributed by atoms with Gasteiger partial charge in [-0.05, 0) is 18.1 Å². The summed E-state index contributed by atoms with van der Waals surface area (Å²) in [5.41, 5.74) is 0.377. The number of hydrogen-bond acceptors (Lipinski definition) is 6. The van der Waals surface area contributed by atoms with Crippen LogP contribution in [0, 0.1) is 5.92 Å². The highest BCUT2D eigenvalue weighted by molar-refractivity contribution is 5.98. The van der Waals surface area contributed by atoms with E-state index in [0.29, 0.717) is 5.56 Å². The molecule has 0 fully saturated rings. The standard InChI is InChI=1S/C20H23N3O6/c1-12(2)15(22-17(24)14-10-7-11-28-14)19(26)29-16(13-8-5-4-6-9-13)18(25)23-20(27)21-3/h4-12,15-16H,1-3H3,(H,22,24)(H2,21,23,25,27)/t15-,16+/m0/s1. The van der Waals surface area contributed by atoms with Gasteiger partial charge in [0.1, 0.15) is 6.04 Å². The Labute approximate surface area is 167 Å². The van der Waals surface area contributed by atoms with E-state index < -0.39 is 36.0 Å². The number of nitrogens with one attached hydrogen (secondary N) is 3. The maximum Gasteiger partial charge on any atom is 0.330 e. The highest BCUT2D eigenvalue weighted by atomic mass is 16.5. The number of rotatable bonds is 7. The van der Waals surface area contributed by atoms with E-state index in [-0.39, 0.29) is 11.7 Å². The average molecular weight is 401 g/mol. The number of esters is 1. The topological polar surface area (TPSA) is 127 Å². The zero-order valence-corrected chi connectivity index (χ0v) is 16.3. The number of hydrogen-bond donors (Lipinski definition) is 3. The number of benzene rings is 1. The van der Waals surface area contributed by atoms with Crippen molar-refractivity contribution < 1.29 is 28.3 Å². The predicted molar refractivity (Wildman–Crippen MR) is 103 cm³/mol. The molecular formula is C20H23N3O6. The van der Waals surface area contributed by atoms with Crippen molar-refractivity contribution in [2.75, 3.05) is 7.05 Å². The number of ether oxygens (including phenoxy) is 1. The van der Waals surface area contributed by atoms with Gasteiger partial charge in [-0.1, -0.05) is 44.2 Å². The summed E-state index contributed by atoms with van der Waals surface area (Å²) in [5.74, 6) is -2.51. The SMILES string of the molecule is CNC(=O)NC(=O)[C@H](OC(=O)[C@@H](NC(=O)c1ccco1)C(C)C)c1ccccc1. The molecule has 2 atom stereocenters. The minimum atomic E-state index is -1.37. The van der Waals surface area contributed by atoms with Gasteiger partial charge in [-0.15, -0.1) is 0 Å². The minimum Gasteiger partial charge on any atom is -0.459 e. The average Bonchev–Trinajstić information content (AvgIpc) is 3.25. The molecule has 1 aromatic heterocycles. The van der Waals surface area contributed by atoms with Crippen molar-refractivity contribution in [3.8, 4) is 0 Å². The molecule has 1 aromatic carbocycles. The van der Waals surface area contributed by atoms with Crippen LogP contribution < -0.4 is 16.0 Å². The molecule has 0 radical (unpaired) electrons. The molecule has 0 bridgehead atoms. The van der Waals surface area contributed by atoms with Crippen molar-refractivity contribution >= 4 is 23.8 Å². The number of carbonyl (C=O) groups is 4. The Kier molecular flexibility index (Phi) is 7.53. The lowest BCUT2D eigenvalue weighted by molar-refractivity contribution is -0.159. The highest BCUT2D eigenvalue weighted by Crippen LogP contribution is 2.20. The van der Waals surface area contributed by atoms with Gasteiger partial charge in [-0.25, -0.2) is 9.59 Å². The molecule has 9 nitrogen and oxygen atoms in total. The number of imide groups is 1. The van der Waals surface area contributed by atoms with Gasteiger partial charge < -0.3 is 19.8 Å². The van der Waals surface area contributed by atoms with Crippen LogP contribution in [0.25, 0.3) is 0 Å². The second-order valence-corrected chi connectivity index (χ2v) is 6.47. The third-order valence-electron chi connectivity index (χ3n) is 3.99. The number of carbonyl (C=O) groups excluding carboxylic acids is 4. The number of amides is 4. The Morgan fingerprint density at radius 3 is 2.24 bits per heavy atom. The third-order valence-corrected chi connectivity index (χ3v) is 3.99. The molecule has 0 aliphatic carbocycles. The second-order valence-electron chi connectivity index (χ2n) is 6.47. The van der Waals surface area contributed by atoms with Crippen LogP contribution in [0.3, 0.4) is 0 Å². The summed E-state index contributed by atoms with van der Waals surface area (Å²) < 4.78 is 10.4. The molecule has 29 heavy (non-hydrogen) atoms. The van der Waals surface area contributed by atoms with Crippen LogP contribution in [-0.2, 0) is 14.3 Å². The van der Waals surface area contributed by atoms with Gasteiger partial charge in [-0.2, -0.15) is 0 Å². The van der Waals surface area contributed by atoms with Crippen LogP contribution in [0.4, 0.5) is 4.79 Å². The molecule has 0 saturated carbocycles. The van der Waals surface area contributed by atoms with Crippen molar-refractivity contribution in [1.29, 1.82) is 0 Å². The predicted octanol–water partition coefficient (Wildman–Crippen LogP) is 1.77. The molecule has 0 unspecified atom stereocenters. The maximum atomic E-state index is 12.8. The monoisotopic (exact) mass is 401 g/mol. The fraction of sp³-hybridized carbons (Fsp3) is 0.300. The van der Waals surface area contributed by atoms with Crippen molar-refractivity contribution in [2.45, 2.75) is 26.0 Å². The van der Waals surface area contributed by atoms with Crippen LogP contribution in [0.2, 0.25) is 0 Å². The molecule has 3 N–H and O–H groups in total. The van der Waals surface area contributed by atoms with Gasteiger partial charge in [0.15, 0.2) is 5.76 Å². The Morgan fingerprint density at radius 2 is 1.69 bits per heavy atom. The summed E-state index contributed by atoms with van der Waals surface area (Å²) in [6, 6.07) is 9.49. The van der Waals surface area contributed by atoms with E-state index in [2.05, 4.69) is 16.0 Å². The molecule has 2 aromatic rings. The molecule has 4 amide bonds. The quantitative estimate of drug-likeness (QED) is 0.607. The number of furan rings is 1. The fourth-order valence-corrected chi connectivity index (χ4v) is 2.45. The van der Waals surface area contributed by atoms with E-state index in [1.807, 2.05) is 0 Å². The first-order valence-electron chi connectivity index (χ1n) is 8.95.